The number of Topliss-reactive ketones (excluding diaryl/α,β-unsaturated/α-hetero) is 1. The third-order valence-electron chi connectivity index (χ3n) is 4.90. The number of hydrogen-bond donors (Lipinski definition) is 0. The summed E-state index contributed by atoms with van der Waals surface area (Å²) in [6.45, 7) is 4.63. The molecule has 0 spiro atoms. The maximum Gasteiger partial charge on any atom is 0.416 e. The standard InChI is InChI=1S/C24H20F3N3O3/c1-4-33-23(32)20-5-6-29-22-21(20)18(10-17(11-28)15(3)31)13-30(22)12-16-7-14(2)8-19(9-16)24(25,26)27/h5-10,13H,4,12H2,1-3H3/b17-10+. The van der Waals surface area contributed by atoms with Crippen LogP contribution < -0.4 is 0 Å². The molecule has 33 heavy (non-hydrogen) atoms. The first-order chi connectivity index (χ1) is 15.5. The third-order valence-corrected chi connectivity index (χ3v) is 4.90. The lowest BCUT2D eigenvalue weighted by Gasteiger charge is -2.12. The second-order valence-electron chi connectivity index (χ2n) is 7.42. The van der Waals surface area contributed by atoms with Crippen LogP contribution in [-0.2, 0) is 22.3 Å². The summed E-state index contributed by atoms with van der Waals surface area (Å²) >= 11 is 0. The lowest BCUT2D eigenvalue weighted by atomic mass is 10.1. The fraction of sp³-hybridized carbons (Fsp3) is 0.250. The number of fused-ring (bicyclic) bond motifs is 1. The molecule has 0 aliphatic carbocycles. The van der Waals surface area contributed by atoms with Crippen molar-refractivity contribution < 1.29 is 27.5 Å². The number of carbonyl (C=O) groups excluding carboxylic acids is 2. The summed E-state index contributed by atoms with van der Waals surface area (Å²) < 4.78 is 46.5. The number of nitriles is 1. The summed E-state index contributed by atoms with van der Waals surface area (Å²) in [5, 5.41) is 9.65. The quantitative estimate of drug-likeness (QED) is 0.294. The molecule has 3 rings (SSSR count). The number of alkyl halides is 3. The van der Waals surface area contributed by atoms with Gasteiger partial charge >= 0.3 is 12.1 Å². The van der Waals surface area contributed by atoms with E-state index in [0.717, 1.165) is 12.1 Å². The van der Waals surface area contributed by atoms with Gasteiger partial charge in [-0.15, -0.1) is 0 Å². The molecule has 0 N–H and O–H groups in total. The van der Waals surface area contributed by atoms with Crippen LogP contribution in [0, 0.1) is 18.3 Å². The van der Waals surface area contributed by atoms with Gasteiger partial charge in [-0.2, -0.15) is 18.4 Å². The highest BCUT2D eigenvalue weighted by atomic mass is 19.4. The number of aryl methyl sites for hydroxylation is 1. The molecule has 3 aromatic rings. The predicted molar refractivity (Wildman–Crippen MR) is 115 cm³/mol. The van der Waals surface area contributed by atoms with Gasteiger partial charge in [-0.25, -0.2) is 9.78 Å². The minimum atomic E-state index is -4.49. The molecule has 0 saturated carbocycles. The molecule has 0 fully saturated rings. The van der Waals surface area contributed by atoms with E-state index in [1.54, 1.807) is 30.7 Å². The number of ether oxygens (including phenoxy) is 1. The number of allylic oxidation sites excluding steroid dienone is 1. The summed E-state index contributed by atoms with van der Waals surface area (Å²) in [5.74, 6) is -1.08. The van der Waals surface area contributed by atoms with Crippen molar-refractivity contribution in [2.45, 2.75) is 33.5 Å². The van der Waals surface area contributed by atoms with E-state index < -0.39 is 23.5 Å². The number of hydrogen-bond acceptors (Lipinski definition) is 5. The van der Waals surface area contributed by atoms with E-state index in [1.807, 2.05) is 6.07 Å². The van der Waals surface area contributed by atoms with Crippen LogP contribution >= 0.6 is 0 Å². The largest absolute Gasteiger partial charge is 0.462 e. The average Bonchev–Trinajstić information content (AvgIpc) is 3.08. The zero-order chi connectivity index (χ0) is 24.3. The second-order valence-corrected chi connectivity index (χ2v) is 7.42. The number of pyridine rings is 1. The van der Waals surface area contributed by atoms with Crippen molar-refractivity contribution in [2.24, 2.45) is 0 Å². The molecule has 0 bridgehead atoms. The van der Waals surface area contributed by atoms with Gasteiger partial charge in [0, 0.05) is 29.9 Å². The second kappa shape index (κ2) is 9.28. The van der Waals surface area contributed by atoms with Gasteiger partial charge in [0.25, 0.3) is 0 Å². The molecule has 170 valence electrons. The first-order valence-electron chi connectivity index (χ1n) is 10.0. The number of aromatic nitrogens is 2. The molecular weight excluding hydrogens is 435 g/mol. The van der Waals surface area contributed by atoms with Crippen molar-refractivity contribution in [3.8, 4) is 6.07 Å². The number of halogens is 3. The molecule has 0 radical (unpaired) electrons. The number of nitrogens with zero attached hydrogens (tertiary/aromatic N) is 3. The smallest absolute Gasteiger partial charge is 0.416 e. The highest BCUT2D eigenvalue weighted by molar-refractivity contribution is 6.09. The van der Waals surface area contributed by atoms with Gasteiger partial charge < -0.3 is 9.30 Å². The van der Waals surface area contributed by atoms with Crippen molar-refractivity contribution in [1.29, 1.82) is 5.26 Å². The Bertz CT molecular complexity index is 1310. The monoisotopic (exact) mass is 455 g/mol. The fourth-order valence-electron chi connectivity index (χ4n) is 3.54. The minimum absolute atomic E-state index is 0.0241. The highest BCUT2D eigenvalue weighted by Crippen LogP contribution is 2.32. The van der Waals surface area contributed by atoms with Crippen molar-refractivity contribution in [3.63, 3.8) is 0 Å². The van der Waals surface area contributed by atoms with Crippen LogP contribution in [0.3, 0.4) is 0 Å². The zero-order valence-electron chi connectivity index (χ0n) is 18.2. The van der Waals surface area contributed by atoms with E-state index in [0.29, 0.717) is 27.7 Å². The van der Waals surface area contributed by atoms with Crippen LogP contribution in [-0.4, -0.2) is 27.9 Å². The number of ketones is 1. The van der Waals surface area contributed by atoms with Gasteiger partial charge in [-0.05, 0) is 50.6 Å². The Hall–Kier alpha value is -3.93. The predicted octanol–water partition coefficient (Wildman–Crippen LogP) is 5.08. The van der Waals surface area contributed by atoms with E-state index in [2.05, 4.69) is 4.98 Å². The Morgan fingerprint density at radius 1 is 1.27 bits per heavy atom. The molecule has 1 aromatic carbocycles. The van der Waals surface area contributed by atoms with Crippen molar-refractivity contribution >= 4 is 28.9 Å². The van der Waals surface area contributed by atoms with Crippen LogP contribution in [0.25, 0.3) is 17.1 Å². The molecule has 0 aliphatic rings. The van der Waals surface area contributed by atoms with Crippen LogP contribution in [0.15, 0.2) is 42.2 Å². The van der Waals surface area contributed by atoms with Crippen molar-refractivity contribution in [2.75, 3.05) is 6.61 Å². The van der Waals surface area contributed by atoms with E-state index in [4.69, 9.17) is 4.74 Å². The number of carbonyl (C=O) groups is 2. The summed E-state index contributed by atoms with van der Waals surface area (Å²) in [5.41, 5.74) is 0.762. The Balaban J connectivity index is 2.23. The van der Waals surface area contributed by atoms with Crippen LogP contribution in [0.2, 0.25) is 0 Å². The minimum Gasteiger partial charge on any atom is -0.462 e. The van der Waals surface area contributed by atoms with Crippen LogP contribution in [0.4, 0.5) is 13.2 Å². The molecule has 6 nitrogen and oxygen atoms in total. The Labute approximate surface area is 187 Å². The SMILES string of the molecule is CCOC(=O)c1ccnc2c1c(/C=C(\C#N)C(C)=O)cn2Cc1cc(C)cc(C(F)(F)F)c1. The van der Waals surface area contributed by atoms with Gasteiger partial charge in [0.05, 0.1) is 23.3 Å². The van der Waals surface area contributed by atoms with Crippen LogP contribution in [0.1, 0.15) is 46.5 Å². The van der Waals surface area contributed by atoms with Gasteiger partial charge in [0.1, 0.15) is 11.7 Å². The summed E-state index contributed by atoms with van der Waals surface area (Å²) in [4.78, 5) is 28.6. The van der Waals surface area contributed by atoms with E-state index in [-0.39, 0.29) is 24.3 Å². The number of benzene rings is 1. The zero-order valence-corrected chi connectivity index (χ0v) is 18.2. The topological polar surface area (TPSA) is 85.0 Å². The summed E-state index contributed by atoms with van der Waals surface area (Å²) in [6, 6.07) is 7.02. The van der Waals surface area contributed by atoms with Gasteiger partial charge in [-0.3, -0.25) is 4.79 Å². The van der Waals surface area contributed by atoms with Gasteiger partial charge in [0.15, 0.2) is 5.78 Å². The summed E-state index contributed by atoms with van der Waals surface area (Å²) in [6.07, 6.45) is -0.211. The summed E-state index contributed by atoms with van der Waals surface area (Å²) in [7, 11) is 0. The van der Waals surface area contributed by atoms with Gasteiger partial charge in [0.2, 0.25) is 0 Å². The number of esters is 1. The van der Waals surface area contributed by atoms with Crippen LogP contribution in [0.5, 0.6) is 0 Å². The van der Waals surface area contributed by atoms with Crippen molar-refractivity contribution in [3.05, 3.63) is 70.0 Å². The Morgan fingerprint density at radius 2 is 2.00 bits per heavy atom. The fourth-order valence-corrected chi connectivity index (χ4v) is 3.54. The molecule has 2 aromatic heterocycles. The lowest BCUT2D eigenvalue weighted by molar-refractivity contribution is -0.137. The lowest BCUT2D eigenvalue weighted by Crippen LogP contribution is -2.08. The first kappa shape index (κ1) is 23.7. The van der Waals surface area contributed by atoms with Gasteiger partial charge in [-0.1, -0.05) is 11.6 Å². The van der Waals surface area contributed by atoms with Crippen molar-refractivity contribution in [1.82, 2.24) is 9.55 Å². The normalized spacial score (nSPS) is 12.0. The van der Waals surface area contributed by atoms with E-state index in [1.165, 1.54) is 25.3 Å². The average molecular weight is 455 g/mol. The molecular formula is C24H20F3N3O3. The van der Waals surface area contributed by atoms with E-state index >= 15 is 0 Å². The molecule has 0 aliphatic heterocycles. The number of rotatable bonds is 6. The molecule has 9 heteroatoms. The Kier molecular flexibility index (Phi) is 6.68. The maximum atomic E-state index is 13.3. The molecule has 0 amide bonds. The maximum absolute atomic E-state index is 13.3. The molecule has 2 heterocycles. The first-order valence-corrected chi connectivity index (χ1v) is 10.0. The highest BCUT2D eigenvalue weighted by Gasteiger charge is 2.31. The molecule has 0 saturated heterocycles. The Morgan fingerprint density at radius 3 is 2.61 bits per heavy atom. The third kappa shape index (κ3) is 5.12. The molecule has 0 unspecified atom stereocenters. The van der Waals surface area contributed by atoms with E-state index in [9.17, 15) is 28.0 Å². The molecule has 0 atom stereocenters.